The first-order valence-electron chi connectivity index (χ1n) is 7.09. The van der Waals surface area contributed by atoms with Crippen LogP contribution in [0, 0.1) is 0 Å². The molecule has 2 aromatic carbocycles. The Kier molecular flexibility index (Phi) is 5.90. The quantitative estimate of drug-likeness (QED) is 0.802. The Morgan fingerprint density at radius 3 is 2.38 bits per heavy atom. The zero-order chi connectivity index (χ0) is 15.1. The number of aliphatic hydroxyl groups is 1. The Labute approximate surface area is 130 Å². The monoisotopic (exact) mass is 305 g/mol. The summed E-state index contributed by atoms with van der Waals surface area (Å²) in [5, 5.41) is 14.0. The molecule has 0 bridgehead atoms. The Balaban J connectivity index is 1.86. The lowest BCUT2D eigenvalue weighted by atomic mass is 10.1. The van der Waals surface area contributed by atoms with Crippen molar-refractivity contribution in [2.45, 2.75) is 19.4 Å². The van der Waals surface area contributed by atoms with Crippen molar-refractivity contribution in [2.24, 2.45) is 0 Å². The maximum Gasteiger partial charge on any atom is 0.119 e. The van der Waals surface area contributed by atoms with Crippen molar-refractivity contribution >= 4 is 17.3 Å². The van der Waals surface area contributed by atoms with Crippen molar-refractivity contribution in [1.82, 2.24) is 0 Å². The number of halogens is 1. The Hall–Kier alpha value is -1.71. The van der Waals surface area contributed by atoms with Crippen molar-refractivity contribution < 1.29 is 9.84 Å². The molecule has 0 aromatic heterocycles. The minimum absolute atomic E-state index is 0.441. The van der Waals surface area contributed by atoms with E-state index in [4.69, 9.17) is 16.3 Å². The molecule has 2 aromatic rings. The van der Waals surface area contributed by atoms with E-state index < -0.39 is 6.10 Å². The summed E-state index contributed by atoms with van der Waals surface area (Å²) < 4.78 is 5.53. The standard InChI is InChI=1S/C17H20ClNO2/c1-2-11-21-16-9-7-15(8-10-16)19-12-17(20)13-3-5-14(18)6-4-13/h3-10,17,19-20H,2,11-12H2,1H3. The van der Waals surface area contributed by atoms with Crippen LogP contribution in [0.1, 0.15) is 25.0 Å². The van der Waals surface area contributed by atoms with Crippen molar-refractivity contribution in [3.63, 3.8) is 0 Å². The first kappa shape index (κ1) is 15.7. The molecule has 2 rings (SSSR count). The average molecular weight is 306 g/mol. The third-order valence-corrected chi connectivity index (χ3v) is 3.33. The van der Waals surface area contributed by atoms with Gasteiger partial charge in [-0.25, -0.2) is 0 Å². The summed E-state index contributed by atoms with van der Waals surface area (Å²) >= 11 is 5.83. The minimum Gasteiger partial charge on any atom is -0.494 e. The molecule has 0 aliphatic carbocycles. The molecule has 112 valence electrons. The van der Waals surface area contributed by atoms with Crippen LogP contribution in [0.15, 0.2) is 48.5 Å². The van der Waals surface area contributed by atoms with Crippen LogP contribution >= 0.6 is 11.6 Å². The third kappa shape index (κ3) is 4.96. The maximum atomic E-state index is 10.1. The van der Waals surface area contributed by atoms with Gasteiger partial charge in [-0.2, -0.15) is 0 Å². The van der Waals surface area contributed by atoms with E-state index in [0.29, 0.717) is 11.6 Å². The summed E-state index contributed by atoms with van der Waals surface area (Å²) in [5.41, 5.74) is 1.79. The average Bonchev–Trinajstić information content (AvgIpc) is 2.52. The van der Waals surface area contributed by atoms with E-state index >= 15 is 0 Å². The normalized spacial score (nSPS) is 12.0. The summed E-state index contributed by atoms with van der Waals surface area (Å²) in [6.45, 7) is 3.24. The van der Waals surface area contributed by atoms with Crippen LogP contribution in [0.3, 0.4) is 0 Å². The van der Waals surface area contributed by atoms with Gasteiger partial charge in [-0.1, -0.05) is 30.7 Å². The highest BCUT2D eigenvalue weighted by Gasteiger charge is 2.07. The van der Waals surface area contributed by atoms with E-state index in [0.717, 1.165) is 30.0 Å². The lowest BCUT2D eigenvalue weighted by molar-refractivity contribution is 0.191. The molecular formula is C17H20ClNO2. The first-order valence-corrected chi connectivity index (χ1v) is 7.47. The Morgan fingerprint density at radius 2 is 1.76 bits per heavy atom. The fourth-order valence-corrected chi connectivity index (χ4v) is 2.03. The smallest absolute Gasteiger partial charge is 0.119 e. The second-order valence-electron chi connectivity index (χ2n) is 4.82. The molecular weight excluding hydrogens is 286 g/mol. The molecule has 2 N–H and O–H groups in total. The second kappa shape index (κ2) is 7.91. The highest BCUT2D eigenvalue weighted by atomic mass is 35.5. The number of anilines is 1. The van der Waals surface area contributed by atoms with Crippen LogP contribution in [-0.4, -0.2) is 18.3 Å². The van der Waals surface area contributed by atoms with Crippen molar-refractivity contribution in [1.29, 1.82) is 0 Å². The number of ether oxygens (including phenoxy) is 1. The van der Waals surface area contributed by atoms with Gasteiger partial charge < -0.3 is 15.2 Å². The highest BCUT2D eigenvalue weighted by molar-refractivity contribution is 6.30. The van der Waals surface area contributed by atoms with Crippen molar-refractivity contribution in [2.75, 3.05) is 18.5 Å². The van der Waals surface area contributed by atoms with Gasteiger partial charge in [-0.05, 0) is 48.4 Å². The van der Waals surface area contributed by atoms with Crippen LogP contribution in [-0.2, 0) is 0 Å². The van der Waals surface area contributed by atoms with Crippen LogP contribution in [0.4, 0.5) is 5.69 Å². The molecule has 21 heavy (non-hydrogen) atoms. The minimum atomic E-state index is -0.571. The van der Waals surface area contributed by atoms with E-state index in [-0.39, 0.29) is 0 Å². The Morgan fingerprint density at radius 1 is 1.10 bits per heavy atom. The SMILES string of the molecule is CCCOc1ccc(NCC(O)c2ccc(Cl)cc2)cc1. The number of rotatable bonds is 7. The highest BCUT2D eigenvalue weighted by Crippen LogP contribution is 2.19. The fraction of sp³-hybridized carbons (Fsp3) is 0.294. The van der Waals surface area contributed by atoms with E-state index in [9.17, 15) is 5.11 Å². The van der Waals surface area contributed by atoms with Crippen molar-refractivity contribution in [3.8, 4) is 5.75 Å². The summed E-state index contributed by atoms with van der Waals surface area (Å²) in [7, 11) is 0. The van der Waals surface area contributed by atoms with E-state index in [1.807, 2.05) is 36.4 Å². The van der Waals surface area contributed by atoms with Gasteiger partial charge in [0.05, 0.1) is 12.7 Å². The summed E-state index contributed by atoms with van der Waals surface area (Å²) in [5.74, 6) is 0.862. The predicted octanol–water partition coefficient (Wildman–Crippen LogP) is 4.27. The van der Waals surface area contributed by atoms with Gasteiger partial charge in [-0.3, -0.25) is 0 Å². The molecule has 0 aliphatic heterocycles. The van der Waals surface area contributed by atoms with Gasteiger partial charge in [0.15, 0.2) is 0 Å². The third-order valence-electron chi connectivity index (χ3n) is 3.08. The molecule has 0 radical (unpaired) electrons. The van der Waals surface area contributed by atoms with Crippen LogP contribution in [0.5, 0.6) is 5.75 Å². The summed E-state index contributed by atoms with van der Waals surface area (Å²) in [6.07, 6.45) is 0.422. The van der Waals surface area contributed by atoms with Crippen molar-refractivity contribution in [3.05, 3.63) is 59.1 Å². The molecule has 1 atom stereocenters. The number of benzene rings is 2. The number of aliphatic hydroxyl groups excluding tert-OH is 1. The van der Waals surface area contributed by atoms with E-state index in [1.165, 1.54) is 0 Å². The van der Waals surface area contributed by atoms with Gasteiger partial charge in [0, 0.05) is 17.3 Å². The maximum absolute atomic E-state index is 10.1. The molecule has 0 saturated carbocycles. The van der Waals surface area contributed by atoms with Gasteiger partial charge in [-0.15, -0.1) is 0 Å². The zero-order valence-corrected chi connectivity index (χ0v) is 12.8. The topological polar surface area (TPSA) is 41.5 Å². The largest absolute Gasteiger partial charge is 0.494 e. The van der Waals surface area contributed by atoms with Gasteiger partial charge >= 0.3 is 0 Å². The van der Waals surface area contributed by atoms with Gasteiger partial charge in [0.25, 0.3) is 0 Å². The predicted molar refractivity (Wildman–Crippen MR) is 87.1 cm³/mol. The first-order chi connectivity index (χ1) is 10.2. The molecule has 0 aliphatic rings. The number of hydrogen-bond donors (Lipinski definition) is 2. The van der Waals surface area contributed by atoms with Gasteiger partial charge in [0.2, 0.25) is 0 Å². The van der Waals surface area contributed by atoms with Gasteiger partial charge in [0.1, 0.15) is 5.75 Å². The molecule has 1 unspecified atom stereocenters. The molecule has 0 fully saturated rings. The summed E-state index contributed by atoms with van der Waals surface area (Å²) in [4.78, 5) is 0. The molecule has 3 nitrogen and oxygen atoms in total. The van der Waals surface area contributed by atoms with E-state index in [1.54, 1.807) is 12.1 Å². The number of hydrogen-bond acceptors (Lipinski definition) is 3. The fourth-order valence-electron chi connectivity index (χ4n) is 1.91. The zero-order valence-electron chi connectivity index (χ0n) is 12.1. The molecule has 0 heterocycles. The summed E-state index contributed by atoms with van der Waals surface area (Å²) in [6, 6.07) is 14.9. The van der Waals surface area contributed by atoms with Crippen LogP contribution in [0.2, 0.25) is 5.02 Å². The van der Waals surface area contributed by atoms with Crippen LogP contribution in [0.25, 0.3) is 0 Å². The lowest BCUT2D eigenvalue weighted by Gasteiger charge is -2.13. The lowest BCUT2D eigenvalue weighted by Crippen LogP contribution is -2.12. The molecule has 0 spiro atoms. The molecule has 0 amide bonds. The second-order valence-corrected chi connectivity index (χ2v) is 5.26. The molecule has 0 saturated heterocycles. The molecule has 4 heteroatoms. The Bertz CT molecular complexity index is 540. The number of nitrogens with one attached hydrogen (secondary N) is 1. The van der Waals surface area contributed by atoms with Crippen LogP contribution < -0.4 is 10.1 Å². The van der Waals surface area contributed by atoms with E-state index in [2.05, 4.69) is 12.2 Å².